The summed E-state index contributed by atoms with van der Waals surface area (Å²) in [6.07, 6.45) is 1.56. The van der Waals surface area contributed by atoms with E-state index in [0.717, 1.165) is 12.8 Å². The monoisotopic (exact) mass is 272 g/mol. The van der Waals surface area contributed by atoms with Gasteiger partial charge in [0.15, 0.2) is 0 Å². The average molecular weight is 272 g/mol. The molecule has 0 spiro atoms. The van der Waals surface area contributed by atoms with Crippen LogP contribution in [0.5, 0.6) is 0 Å². The Bertz CT molecular complexity index is 345. The van der Waals surface area contributed by atoms with Crippen LogP contribution in [0.15, 0.2) is 0 Å². The van der Waals surface area contributed by atoms with Crippen LogP contribution in [0.1, 0.15) is 19.3 Å². The number of hydrogen-bond donors (Lipinski definition) is 3. The molecule has 3 N–H and O–H groups in total. The summed E-state index contributed by atoms with van der Waals surface area (Å²) < 4.78 is 5.27. The van der Waals surface area contributed by atoms with Gasteiger partial charge in [0.2, 0.25) is 0 Å². The Kier molecular flexibility index (Phi) is 4.60. The molecule has 0 radical (unpaired) electrons. The van der Waals surface area contributed by atoms with Gasteiger partial charge in [0, 0.05) is 12.6 Å². The third kappa shape index (κ3) is 4.07. The summed E-state index contributed by atoms with van der Waals surface area (Å²) in [7, 11) is 0. The molecule has 1 aliphatic carbocycles. The van der Waals surface area contributed by atoms with Gasteiger partial charge in [-0.15, -0.1) is 0 Å². The first-order chi connectivity index (χ1) is 9.10. The largest absolute Gasteiger partial charge is 0.481 e. The highest BCUT2D eigenvalue weighted by molar-refractivity contribution is 5.76. The lowest BCUT2D eigenvalue weighted by Gasteiger charge is -2.33. The van der Waals surface area contributed by atoms with Gasteiger partial charge >= 0.3 is 12.0 Å². The number of aliphatic hydroxyl groups excluding tert-OH is 1. The van der Waals surface area contributed by atoms with Crippen molar-refractivity contribution in [1.29, 1.82) is 0 Å². The van der Waals surface area contributed by atoms with Crippen molar-refractivity contribution in [1.82, 2.24) is 10.2 Å². The van der Waals surface area contributed by atoms with E-state index in [0.29, 0.717) is 19.7 Å². The van der Waals surface area contributed by atoms with E-state index in [2.05, 4.69) is 5.32 Å². The molecular formula is C12H20N2O5. The lowest BCUT2D eigenvalue weighted by Crippen LogP contribution is -2.53. The number of morpholine rings is 1. The van der Waals surface area contributed by atoms with E-state index in [1.165, 1.54) is 0 Å². The lowest BCUT2D eigenvalue weighted by molar-refractivity contribution is -0.137. The van der Waals surface area contributed by atoms with Crippen LogP contribution in [0.2, 0.25) is 0 Å². The van der Waals surface area contributed by atoms with E-state index in [-0.39, 0.29) is 37.1 Å². The summed E-state index contributed by atoms with van der Waals surface area (Å²) in [4.78, 5) is 24.4. The lowest BCUT2D eigenvalue weighted by atomic mass is 10.1. The number of carboxylic acid groups (broad SMARTS) is 1. The molecule has 19 heavy (non-hydrogen) atoms. The Morgan fingerprint density at radius 2 is 2.16 bits per heavy atom. The zero-order valence-corrected chi connectivity index (χ0v) is 10.7. The van der Waals surface area contributed by atoms with Gasteiger partial charge in [-0.3, -0.25) is 4.79 Å². The second kappa shape index (κ2) is 6.21. The topological polar surface area (TPSA) is 99.1 Å². The van der Waals surface area contributed by atoms with E-state index >= 15 is 0 Å². The van der Waals surface area contributed by atoms with Crippen LogP contribution in [0.3, 0.4) is 0 Å². The van der Waals surface area contributed by atoms with E-state index in [1.807, 2.05) is 0 Å². The third-order valence-electron chi connectivity index (χ3n) is 3.52. The van der Waals surface area contributed by atoms with Crippen LogP contribution in [-0.2, 0) is 9.53 Å². The molecule has 1 heterocycles. The number of urea groups is 1. The fourth-order valence-corrected chi connectivity index (χ4v) is 2.29. The number of nitrogens with one attached hydrogen (secondary N) is 1. The fraction of sp³-hybridized carbons (Fsp3) is 0.833. The standard InChI is InChI=1S/C12H20N2O5/c15-7-9-6-14(3-4-19-9)12(18)13-10(5-11(16)17)8-1-2-8/h8-10,15H,1-7H2,(H,13,18)(H,16,17). The molecular weight excluding hydrogens is 252 g/mol. The molecule has 1 saturated heterocycles. The number of ether oxygens (including phenoxy) is 1. The zero-order valence-electron chi connectivity index (χ0n) is 10.7. The Labute approximate surface area is 111 Å². The number of hydrogen-bond acceptors (Lipinski definition) is 4. The molecule has 0 aromatic carbocycles. The Hall–Kier alpha value is -1.34. The molecule has 2 rings (SSSR count). The van der Waals surface area contributed by atoms with E-state index < -0.39 is 5.97 Å². The van der Waals surface area contributed by atoms with E-state index in [9.17, 15) is 9.59 Å². The first-order valence-corrected chi connectivity index (χ1v) is 6.60. The Morgan fingerprint density at radius 1 is 1.42 bits per heavy atom. The van der Waals surface area contributed by atoms with Gasteiger partial charge in [0.1, 0.15) is 0 Å². The van der Waals surface area contributed by atoms with Crippen molar-refractivity contribution in [3.8, 4) is 0 Å². The summed E-state index contributed by atoms with van der Waals surface area (Å²) in [6.45, 7) is 1.08. The minimum Gasteiger partial charge on any atom is -0.481 e. The number of aliphatic carboxylic acids is 1. The van der Waals surface area contributed by atoms with Crippen LogP contribution >= 0.6 is 0 Å². The molecule has 2 amide bonds. The zero-order chi connectivity index (χ0) is 13.8. The Balaban J connectivity index is 1.85. The summed E-state index contributed by atoms with van der Waals surface area (Å²) in [6, 6.07) is -0.555. The fourth-order valence-electron chi connectivity index (χ4n) is 2.29. The minimum absolute atomic E-state index is 0.0375. The molecule has 0 aromatic rings. The van der Waals surface area contributed by atoms with Gasteiger partial charge in [0.05, 0.1) is 32.3 Å². The summed E-state index contributed by atoms with van der Waals surface area (Å²) in [5.74, 6) is -0.609. The average Bonchev–Trinajstić information content (AvgIpc) is 3.21. The van der Waals surface area contributed by atoms with Gasteiger partial charge in [0.25, 0.3) is 0 Å². The highest BCUT2D eigenvalue weighted by Gasteiger charge is 2.35. The normalized spacial score (nSPS) is 24.9. The predicted molar refractivity (Wildman–Crippen MR) is 65.7 cm³/mol. The maximum absolute atomic E-state index is 12.1. The molecule has 2 fully saturated rings. The van der Waals surface area contributed by atoms with Crippen molar-refractivity contribution in [2.45, 2.75) is 31.4 Å². The van der Waals surface area contributed by atoms with Crippen molar-refractivity contribution in [3.05, 3.63) is 0 Å². The molecule has 1 saturated carbocycles. The number of carbonyl (C=O) groups excluding carboxylic acids is 1. The van der Waals surface area contributed by atoms with Gasteiger partial charge in [-0.1, -0.05) is 0 Å². The highest BCUT2D eigenvalue weighted by atomic mass is 16.5. The van der Waals surface area contributed by atoms with Crippen molar-refractivity contribution in [3.63, 3.8) is 0 Å². The van der Waals surface area contributed by atoms with Crippen molar-refractivity contribution in [2.24, 2.45) is 5.92 Å². The van der Waals surface area contributed by atoms with Crippen LogP contribution < -0.4 is 5.32 Å². The molecule has 0 bridgehead atoms. The van der Waals surface area contributed by atoms with E-state index in [1.54, 1.807) is 4.90 Å². The molecule has 2 aliphatic rings. The summed E-state index contributed by atoms with van der Waals surface area (Å²) in [5.41, 5.74) is 0. The van der Waals surface area contributed by atoms with Crippen LogP contribution in [0.25, 0.3) is 0 Å². The van der Waals surface area contributed by atoms with Crippen molar-refractivity contribution >= 4 is 12.0 Å². The van der Waals surface area contributed by atoms with Crippen LogP contribution in [-0.4, -0.2) is 65.6 Å². The first-order valence-electron chi connectivity index (χ1n) is 6.60. The number of amides is 2. The van der Waals surface area contributed by atoms with E-state index in [4.69, 9.17) is 14.9 Å². The van der Waals surface area contributed by atoms with Crippen molar-refractivity contribution < 1.29 is 24.5 Å². The SMILES string of the molecule is O=C(O)CC(NC(=O)N1CCOC(CO)C1)C1CC1. The van der Waals surface area contributed by atoms with Gasteiger partial charge in [-0.2, -0.15) is 0 Å². The third-order valence-corrected chi connectivity index (χ3v) is 3.52. The smallest absolute Gasteiger partial charge is 0.317 e. The number of carbonyl (C=O) groups is 2. The number of rotatable bonds is 5. The number of nitrogens with zero attached hydrogens (tertiary/aromatic N) is 1. The van der Waals surface area contributed by atoms with Gasteiger partial charge < -0.3 is 25.2 Å². The molecule has 2 atom stereocenters. The van der Waals surface area contributed by atoms with Crippen LogP contribution in [0.4, 0.5) is 4.79 Å². The quantitative estimate of drug-likeness (QED) is 0.635. The maximum Gasteiger partial charge on any atom is 0.317 e. The molecule has 108 valence electrons. The molecule has 7 heteroatoms. The van der Waals surface area contributed by atoms with Crippen LogP contribution in [0, 0.1) is 5.92 Å². The Morgan fingerprint density at radius 3 is 2.74 bits per heavy atom. The maximum atomic E-state index is 12.1. The molecule has 2 unspecified atom stereocenters. The first kappa shape index (κ1) is 14.1. The molecule has 7 nitrogen and oxygen atoms in total. The number of aliphatic hydroxyl groups is 1. The second-order valence-corrected chi connectivity index (χ2v) is 5.11. The number of carboxylic acids is 1. The molecule has 0 aromatic heterocycles. The summed E-state index contributed by atoms with van der Waals surface area (Å²) in [5, 5.41) is 20.7. The molecule has 1 aliphatic heterocycles. The van der Waals surface area contributed by atoms with Crippen molar-refractivity contribution in [2.75, 3.05) is 26.3 Å². The second-order valence-electron chi connectivity index (χ2n) is 5.11. The summed E-state index contributed by atoms with van der Waals surface area (Å²) >= 11 is 0. The highest BCUT2D eigenvalue weighted by Crippen LogP contribution is 2.34. The predicted octanol–water partition coefficient (Wildman–Crippen LogP) is -0.358. The van der Waals surface area contributed by atoms with Gasteiger partial charge in [-0.25, -0.2) is 4.79 Å². The minimum atomic E-state index is -0.896. The van der Waals surface area contributed by atoms with Gasteiger partial charge in [-0.05, 0) is 18.8 Å².